The van der Waals surface area contributed by atoms with Crippen LogP contribution in [-0.2, 0) is 11.3 Å². The highest BCUT2D eigenvalue weighted by molar-refractivity contribution is 5.66. The van der Waals surface area contributed by atoms with E-state index in [0.29, 0.717) is 37.9 Å². The summed E-state index contributed by atoms with van der Waals surface area (Å²) in [5.74, 6) is -4.99. The van der Waals surface area contributed by atoms with E-state index in [9.17, 15) is 17.6 Å². The zero-order valence-corrected chi connectivity index (χ0v) is 22.2. The molecule has 0 spiro atoms. The van der Waals surface area contributed by atoms with Gasteiger partial charge in [0.25, 0.3) is 0 Å². The highest BCUT2D eigenvalue weighted by Gasteiger charge is 2.26. The van der Waals surface area contributed by atoms with E-state index in [2.05, 4.69) is 0 Å². The topological polar surface area (TPSA) is 27.7 Å². The molecule has 3 aromatic rings. The molecule has 0 radical (unpaired) electrons. The molecular weight excluding hydrogens is 515 g/mol. The van der Waals surface area contributed by atoms with Crippen LogP contribution in [0.2, 0.25) is 0 Å². The molecule has 1 aliphatic carbocycles. The zero-order valence-electron chi connectivity index (χ0n) is 22.2. The Labute approximate surface area is 225 Å². The molecule has 3 nitrogen and oxygen atoms in total. The van der Waals surface area contributed by atoms with Crippen molar-refractivity contribution in [2.45, 2.75) is 71.0 Å². The molecule has 0 atom stereocenters. The van der Waals surface area contributed by atoms with E-state index in [-0.39, 0.29) is 53.4 Å². The van der Waals surface area contributed by atoms with Crippen molar-refractivity contribution in [1.82, 2.24) is 0 Å². The molecule has 0 bridgehead atoms. The zero-order chi connectivity index (χ0) is 27.9. The van der Waals surface area contributed by atoms with Gasteiger partial charge in [-0.3, -0.25) is 0 Å². The summed E-state index contributed by atoms with van der Waals surface area (Å²) in [4.78, 5) is 0. The first kappa shape index (κ1) is 28.9. The van der Waals surface area contributed by atoms with Crippen molar-refractivity contribution < 1.29 is 36.2 Å². The summed E-state index contributed by atoms with van der Waals surface area (Å²) in [5, 5.41) is 0. The van der Waals surface area contributed by atoms with E-state index in [1.54, 1.807) is 19.1 Å². The summed E-state index contributed by atoms with van der Waals surface area (Å²) >= 11 is 0. The Kier molecular flexibility index (Phi) is 9.83. The van der Waals surface area contributed by atoms with Crippen LogP contribution in [0.1, 0.15) is 69.4 Å². The van der Waals surface area contributed by atoms with E-state index in [1.807, 2.05) is 6.92 Å². The third-order valence-electron chi connectivity index (χ3n) is 7.13. The minimum absolute atomic E-state index is 0.0391. The van der Waals surface area contributed by atoms with Crippen LogP contribution >= 0.6 is 0 Å². The lowest BCUT2D eigenvalue weighted by Crippen LogP contribution is -2.21. The van der Waals surface area contributed by atoms with Gasteiger partial charge in [0, 0.05) is 11.1 Å². The van der Waals surface area contributed by atoms with Gasteiger partial charge in [-0.15, -0.1) is 0 Å². The van der Waals surface area contributed by atoms with E-state index >= 15 is 4.39 Å². The second kappa shape index (κ2) is 13.3. The van der Waals surface area contributed by atoms with E-state index < -0.39 is 29.1 Å². The molecule has 0 heterocycles. The highest BCUT2D eigenvalue weighted by atomic mass is 19.2. The molecule has 210 valence electrons. The van der Waals surface area contributed by atoms with Crippen LogP contribution in [0.25, 0.3) is 11.1 Å². The quantitative estimate of drug-likeness (QED) is 0.177. The van der Waals surface area contributed by atoms with Gasteiger partial charge in [0.1, 0.15) is 5.82 Å². The Morgan fingerprint density at radius 3 is 2.13 bits per heavy atom. The Hall–Kier alpha value is -3.13. The highest BCUT2D eigenvalue weighted by Crippen LogP contribution is 2.38. The first-order valence-corrected chi connectivity index (χ1v) is 13.5. The Morgan fingerprint density at radius 2 is 1.44 bits per heavy atom. The number of ether oxygens (including phenoxy) is 3. The lowest BCUT2D eigenvalue weighted by molar-refractivity contribution is 0.0116. The van der Waals surface area contributed by atoms with Crippen molar-refractivity contribution in [3.8, 4) is 22.6 Å². The predicted octanol–water partition coefficient (Wildman–Crippen LogP) is 8.87. The van der Waals surface area contributed by atoms with Crippen molar-refractivity contribution in [1.29, 1.82) is 0 Å². The van der Waals surface area contributed by atoms with E-state index in [4.69, 9.17) is 14.2 Å². The second-order valence-corrected chi connectivity index (χ2v) is 9.75. The molecule has 0 saturated heterocycles. The molecule has 1 saturated carbocycles. The summed E-state index contributed by atoms with van der Waals surface area (Å²) < 4.78 is 89.0. The normalized spacial score (nSPS) is 17.3. The summed E-state index contributed by atoms with van der Waals surface area (Å²) in [6.45, 7) is 4.11. The minimum atomic E-state index is -1.10. The lowest BCUT2D eigenvalue weighted by Gasteiger charge is -2.29. The van der Waals surface area contributed by atoms with Crippen molar-refractivity contribution in [2.24, 2.45) is 0 Å². The summed E-state index contributed by atoms with van der Waals surface area (Å²) in [7, 11) is 0. The van der Waals surface area contributed by atoms with Crippen LogP contribution < -0.4 is 9.47 Å². The smallest absolute Gasteiger partial charge is 0.201 e. The van der Waals surface area contributed by atoms with Crippen LogP contribution in [0.15, 0.2) is 42.5 Å². The van der Waals surface area contributed by atoms with Crippen molar-refractivity contribution >= 4 is 0 Å². The molecule has 0 aliphatic heterocycles. The number of hydrogen-bond donors (Lipinski definition) is 0. The van der Waals surface area contributed by atoms with Gasteiger partial charge in [-0.2, -0.15) is 8.78 Å². The van der Waals surface area contributed by atoms with Gasteiger partial charge in [-0.1, -0.05) is 25.5 Å². The second-order valence-electron chi connectivity index (χ2n) is 9.75. The fourth-order valence-corrected chi connectivity index (χ4v) is 4.92. The number of rotatable bonds is 11. The molecular formula is C31H33F5O3. The van der Waals surface area contributed by atoms with Gasteiger partial charge in [0.15, 0.2) is 23.1 Å². The van der Waals surface area contributed by atoms with E-state index in [0.717, 1.165) is 12.8 Å². The average Bonchev–Trinajstić information content (AvgIpc) is 2.94. The Bertz CT molecular complexity index is 1270. The molecule has 0 N–H and O–H groups in total. The van der Waals surface area contributed by atoms with Crippen molar-refractivity contribution in [3.63, 3.8) is 0 Å². The van der Waals surface area contributed by atoms with Crippen molar-refractivity contribution in [2.75, 3.05) is 13.2 Å². The molecule has 3 aromatic carbocycles. The average molecular weight is 549 g/mol. The monoisotopic (exact) mass is 548 g/mol. The van der Waals surface area contributed by atoms with Gasteiger partial charge in [0.05, 0.1) is 25.9 Å². The Morgan fingerprint density at radius 1 is 0.744 bits per heavy atom. The van der Waals surface area contributed by atoms with Crippen LogP contribution in [0.4, 0.5) is 22.0 Å². The van der Waals surface area contributed by atoms with Crippen LogP contribution in [0.5, 0.6) is 11.5 Å². The fraction of sp³-hybridized carbons (Fsp3) is 0.419. The third kappa shape index (κ3) is 6.72. The van der Waals surface area contributed by atoms with Gasteiger partial charge in [0.2, 0.25) is 11.6 Å². The summed E-state index contributed by atoms with van der Waals surface area (Å²) in [6, 6.07) is 10.0. The molecule has 0 unspecified atom stereocenters. The van der Waals surface area contributed by atoms with Crippen LogP contribution in [0, 0.1) is 29.1 Å². The summed E-state index contributed by atoms with van der Waals surface area (Å²) in [6.07, 6.45) is 4.04. The fourth-order valence-electron chi connectivity index (χ4n) is 4.92. The predicted molar refractivity (Wildman–Crippen MR) is 139 cm³/mol. The Balaban J connectivity index is 1.34. The van der Waals surface area contributed by atoms with Crippen LogP contribution in [-0.4, -0.2) is 19.3 Å². The van der Waals surface area contributed by atoms with Gasteiger partial charge in [-0.05, 0) is 86.4 Å². The lowest BCUT2D eigenvalue weighted by atomic mass is 9.82. The number of halogens is 5. The first-order valence-electron chi connectivity index (χ1n) is 13.5. The maximum Gasteiger partial charge on any atom is 0.201 e. The molecule has 0 aromatic heterocycles. The number of benzene rings is 3. The van der Waals surface area contributed by atoms with Gasteiger partial charge in [-0.25, -0.2) is 13.2 Å². The molecule has 1 fully saturated rings. The standard InChI is InChI=1S/C31H33F5O3/c1-3-5-16-38-27-14-9-21(28(33)30(27)35)18-39-22-10-6-19(7-11-22)23-12-8-20(17-25(23)32)24-13-15-26(37-4-2)31(36)29(24)34/h8-9,12-15,17,19,22H,3-7,10-11,16,18H2,1-2H3. The number of hydrogen-bond acceptors (Lipinski definition) is 3. The van der Waals surface area contributed by atoms with Crippen LogP contribution in [0.3, 0.4) is 0 Å². The molecule has 39 heavy (non-hydrogen) atoms. The van der Waals surface area contributed by atoms with E-state index in [1.165, 1.54) is 30.3 Å². The molecule has 1 aliphatic rings. The maximum absolute atomic E-state index is 15.1. The summed E-state index contributed by atoms with van der Waals surface area (Å²) in [5.41, 5.74) is 0.833. The molecule has 8 heteroatoms. The largest absolute Gasteiger partial charge is 0.491 e. The number of unbranched alkanes of at least 4 members (excludes halogenated alkanes) is 1. The first-order chi connectivity index (χ1) is 18.8. The molecule has 0 amide bonds. The van der Waals surface area contributed by atoms with Gasteiger partial charge < -0.3 is 14.2 Å². The van der Waals surface area contributed by atoms with Gasteiger partial charge >= 0.3 is 0 Å². The minimum Gasteiger partial charge on any atom is -0.491 e. The third-order valence-corrected chi connectivity index (χ3v) is 7.13. The van der Waals surface area contributed by atoms with Crippen molar-refractivity contribution in [3.05, 3.63) is 82.7 Å². The SMILES string of the molecule is CCCCOc1ccc(COC2CCC(c3ccc(-c4ccc(OCC)c(F)c4F)cc3F)CC2)c(F)c1F. The maximum atomic E-state index is 15.1. The molecule has 4 rings (SSSR count).